The number of ether oxygens (including phenoxy) is 8. The van der Waals surface area contributed by atoms with Crippen molar-refractivity contribution in [1.29, 1.82) is 0 Å². The van der Waals surface area contributed by atoms with Gasteiger partial charge in [0.1, 0.15) is 35.0 Å². The van der Waals surface area contributed by atoms with E-state index in [9.17, 15) is 126 Å². The Bertz CT molecular complexity index is 5020. The zero-order chi connectivity index (χ0) is 70.7. The van der Waals surface area contributed by atoms with Crippen LogP contribution in [0.25, 0.3) is 44.6 Å². The molecule has 12 rings (SSSR count). The number of rotatable bonds is 10. The Morgan fingerprint density at radius 3 is 1.53 bits per heavy atom. The molecule has 4 heterocycles. The number of aromatic carboxylic acids is 1. The molecule has 0 bridgehead atoms. The number of cyclic esters (lactones) is 1. The summed E-state index contributed by atoms with van der Waals surface area (Å²) in [5.41, 5.74) is -10.9. The second-order valence-corrected chi connectivity index (χ2v) is 21.4. The van der Waals surface area contributed by atoms with Gasteiger partial charge in [0.2, 0.25) is 23.9 Å². The third kappa shape index (κ3) is 10.6. The first-order valence-electron chi connectivity index (χ1n) is 27.5. The first kappa shape index (κ1) is 63.9. The van der Waals surface area contributed by atoms with Gasteiger partial charge in [0.15, 0.2) is 116 Å². The van der Waals surface area contributed by atoms with E-state index in [0.29, 0.717) is 54.6 Å². The Balaban J connectivity index is 1.10. The summed E-state index contributed by atoms with van der Waals surface area (Å²) >= 11 is 0. The van der Waals surface area contributed by atoms with Crippen molar-refractivity contribution in [2.24, 2.45) is 0 Å². The first-order chi connectivity index (χ1) is 46.3. The van der Waals surface area contributed by atoms with Gasteiger partial charge in [-0.05, 0) is 66.7 Å². The Morgan fingerprint density at radius 2 is 0.980 bits per heavy atom. The van der Waals surface area contributed by atoms with E-state index in [-0.39, 0.29) is 10.9 Å². The molecule has 1 saturated heterocycles. The molecule has 502 valence electrons. The average Bonchev–Trinajstić information content (AvgIpc) is 0.720. The molecule has 3 aliphatic rings. The molecule has 0 spiro atoms. The quantitative estimate of drug-likeness (QED) is 0.0258. The molecule has 98 heavy (non-hydrogen) atoms. The molecule has 0 unspecified atom stereocenters. The number of phenols is 19. The topological polar surface area (TPSA) is 592 Å². The van der Waals surface area contributed by atoms with Crippen LogP contribution in [0.15, 0.2) is 89.3 Å². The molecule has 5 atom stereocenters. The summed E-state index contributed by atoms with van der Waals surface area (Å²) in [6.07, 6.45) is -13.3. The van der Waals surface area contributed by atoms with E-state index >= 15 is 4.79 Å². The number of hydrogen-bond donors (Lipinski definition) is 20. The maximum atomic E-state index is 15.8. The number of benzene rings is 8. The standard InChI is InChI=1S/C63H40O35/c64-20-10-34-41-35(11-20)92-53-40(21(57(83)84)12-33(74)47(53)79)42(41)54(51(91-34)16-1-2-24(65)25(66)3-16)93-36-14-23-39(50(82)48(36)80)38-22(13-32(73)46(78)49(38)81)61(88)90-15-37-52(95-62(23)89)55(96-58(85)17-4-26(67)43(75)27(68)5-17)56(97-59(86)18-6-28(69)44(76)29(70)7-18)63(94-37)98-60(87)19-8-30(71)45(77)31(72)9-19/h1-14,37,52,55-56,63H,15H2,(H19-,64,65,66,67,68,69,70,71,72,73,74,75,76,77,78,79,80,81,82,83,84,85,86,87,88,89)/p+1/t37-,52-,55+,56-,63+/m1/s1. The SMILES string of the molecule is O=C(O[C@@H]1O[C@@H]2COC(=O)c3cc(O)c(O)c(O)c3-c3c(cc(OC4=C(c5ccc(O)c(O)c5)Oc5cc(O)cc6[o+]c7c(O)c(O)cc(C(=O)O)c7c4c56)c(O)c3O)C(=O)O[C@H]2[C@H](OC(=O)c2cc(O)c(O)c(O)c2)[C@H]1OC(=O)c1cc(O)c(O)c(O)c1)c1cc(O)c(O)c(O)c1. The van der Waals surface area contributed by atoms with E-state index in [2.05, 4.69) is 0 Å². The van der Waals surface area contributed by atoms with Gasteiger partial charge in [0.05, 0.1) is 45.0 Å². The normalized spacial score (nSPS) is 17.2. The number of phenolic OH excluding ortho intramolecular Hbond substituents is 19. The molecule has 9 aromatic rings. The third-order valence-electron chi connectivity index (χ3n) is 15.3. The van der Waals surface area contributed by atoms with Crippen molar-refractivity contribution in [3.63, 3.8) is 0 Å². The van der Waals surface area contributed by atoms with Crippen LogP contribution in [0.4, 0.5) is 0 Å². The molecule has 35 heteroatoms. The van der Waals surface area contributed by atoms with Gasteiger partial charge >= 0.3 is 47.0 Å². The number of hydrogen-bond acceptors (Lipinski definition) is 33. The Kier molecular flexibility index (Phi) is 15.2. The fourth-order valence-corrected chi connectivity index (χ4v) is 10.8. The minimum Gasteiger partial charge on any atom is -0.507 e. The minimum atomic E-state index is -2.76. The third-order valence-corrected chi connectivity index (χ3v) is 15.3. The van der Waals surface area contributed by atoms with Crippen molar-refractivity contribution in [3.05, 3.63) is 129 Å². The van der Waals surface area contributed by atoms with Crippen molar-refractivity contribution in [2.45, 2.75) is 30.7 Å². The fraction of sp³-hybridized carbons (Fsp3) is 0.0952. The molecule has 0 radical (unpaired) electrons. The van der Waals surface area contributed by atoms with Crippen LogP contribution in [0.1, 0.15) is 73.3 Å². The number of aromatic hydroxyl groups is 19. The highest BCUT2D eigenvalue weighted by molar-refractivity contribution is 6.18. The molecule has 35 nitrogen and oxygen atoms in total. The second kappa shape index (κ2) is 23.4. The van der Waals surface area contributed by atoms with Crippen LogP contribution in [0, 0.1) is 0 Å². The summed E-state index contributed by atoms with van der Waals surface area (Å²) in [7, 11) is 0. The van der Waals surface area contributed by atoms with E-state index in [0.717, 1.165) is 30.3 Å². The zero-order valence-electron chi connectivity index (χ0n) is 48.2. The van der Waals surface area contributed by atoms with Gasteiger partial charge in [0.25, 0.3) is 5.75 Å². The zero-order valence-corrected chi connectivity index (χ0v) is 48.2. The summed E-state index contributed by atoms with van der Waals surface area (Å²) < 4.78 is 53.1. The number of carbonyl (C=O) groups is 6. The van der Waals surface area contributed by atoms with E-state index in [1.54, 1.807) is 0 Å². The second-order valence-electron chi connectivity index (χ2n) is 21.4. The van der Waals surface area contributed by atoms with Crippen LogP contribution < -0.4 is 9.47 Å². The predicted molar refractivity (Wildman–Crippen MR) is 314 cm³/mol. The van der Waals surface area contributed by atoms with Crippen molar-refractivity contribution >= 4 is 69.3 Å². The van der Waals surface area contributed by atoms with Gasteiger partial charge in [-0.1, -0.05) is 0 Å². The number of carboxylic acid groups (broad SMARTS) is 1. The van der Waals surface area contributed by atoms with Gasteiger partial charge < -0.3 is 140 Å². The number of esters is 5. The molecule has 1 fully saturated rings. The fourth-order valence-electron chi connectivity index (χ4n) is 10.8. The highest BCUT2D eigenvalue weighted by atomic mass is 16.7. The van der Waals surface area contributed by atoms with Gasteiger partial charge in [-0.15, -0.1) is 0 Å². The molecule has 0 saturated carbocycles. The maximum Gasteiger partial charge on any atom is 0.407 e. The lowest BCUT2D eigenvalue weighted by Gasteiger charge is -2.43. The molecular weight excluding hydrogens is 1320 g/mol. The van der Waals surface area contributed by atoms with Crippen LogP contribution in [0.5, 0.6) is 121 Å². The van der Waals surface area contributed by atoms with E-state index in [1.807, 2.05) is 0 Å². The molecule has 20 N–H and O–H groups in total. The molecule has 8 aromatic carbocycles. The summed E-state index contributed by atoms with van der Waals surface area (Å²) in [4.78, 5) is 86.6. The highest BCUT2D eigenvalue weighted by Gasteiger charge is 2.56. The lowest BCUT2D eigenvalue weighted by Crippen LogP contribution is -2.63. The van der Waals surface area contributed by atoms with Crippen molar-refractivity contribution in [2.75, 3.05) is 6.61 Å². The van der Waals surface area contributed by atoms with Gasteiger partial charge in [-0.25, -0.2) is 33.2 Å². The van der Waals surface area contributed by atoms with Crippen LogP contribution >= 0.6 is 0 Å². The Hall–Kier alpha value is -14.3. The van der Waals surface area contributed by atoms with Crippen molar-refractivity contribution < 1.29 is 173 Å². The van der Waals surface area contributed by atoms with E-state index in [1.165, 1.54) is 0 Å². The molecule has 1 aromatic heterocycles. The Labute approximate surface area is 539 Å². The maximum absolute atomic E-state index is 15.8. The lowest BCUT2D eigenvalue weighted by atomic mass is 9.91. The largest absolute Gasteiger partial charge is 0.507 e. The predicted octanol–water partition coefficient (Wildman–Crippen LogP) is 5.66. The average molecular weight is 1360 g/mol. The molecule has 3 aliphatic heterocycles. The van der Waals surface area contributed by atoms with Gasteiger partial charge in [-0.2, -0.15) is 0 Å². The monoisotopic (exact) mass is 1360 g/mol. The van der Waals surface area contributed by atoms with Crippen molar-refractivity contribution in [1.82, 2.24) is 0 Å². The van der Waals surface area contributed by atoms with Crippen LogP contribution in [0.3, 0.4) is 0 Å². The number of carbonyl (C=O) groups excluding carboxylic acids is 5. The Morgan fingerprint density at radius 1 is 0.469 bits per heavy atom. The minimum absolute atomic E-state index is 0.350. The summed E-state index contributed by atoms with van der Waals surface area (Å²) in [6.45, 7) is -1.43. The first-order valence-corrected chi connectivity index (χ1v) is 27.5. The van der Waals surface area contributed by atoms with Crippen LogP contribution in [-0.4, -0.2) is 175 Å². The van der Waals surface area contributed by atoms with Crippen molar-refractivity contribution in [3.8, 4) is 132 Å². The van der Waals surface area contributed by atoms with Crippen LogP contribution in [0.2, 0.25) is 0 Å². The number of fused-ring (bicyclic) bond motifs is 6. The van der Waals surface area contributed by atoms with Crippen LogP contribution in [-0.2, 0) is 28.4 Å². The summed E-state index contributed by atoms with van der Waals surface area (Å²) in [6, 6.07) is 8.93. The van der Waals surface area contributed by atoms with Gasteiger partial charge in [0, 0.05) is 28.8 Å². The number of carboxylic acids is 1. The smallest absolute Gasteiger partial charge is 0.407 e. The molecule has 0 aliphatic carbocycles. The van der Waals surface area contributed by atoms with E-state index in [4.69, 9.17) is 42.3 Å². The van der Waals surface area contributed by atoms with Gasteiger partial charge in [-0.3, -0.25) is 0 Å². The summed E-state index contributed by atoms with van der Waals surface area (Å²) in [5.74, 6) is -37.1. The lowest BCUT2D eigenvalue weighted by molar-refractivity contribution is -0.282. The molecular formula is C63H41O35+. The summed E-state index contributed by atoms with van der Waals surface area (Å²) in [5, 5.41) is 215. The highest BCUT2D eigenvalue weighted by Crippen LogP contribution is 2.57. The molecule has 0 amide bonds. The van der Waals surface area contributed by atoms with E-state index < -0.39 is 272 Å².